The summed E-state index contributed by atoms with van der Waals surface area (Å²) in [4.78, 5) is 16.3. The predicted octanol–water partition coefficient (Wildman–Crippen LogP) is 3.16. The molecule has 0 aliphatic carbocycles. The number of nitrogens with zero attached hydrogens (tertiary/aromatic N) is 1. The summed E-state index contributed by atoms with van der Waals surface area (Å²) in [7, 11) is 0. The average Bonchev–Trinajstić information content (AvgIpc) is 3.03. The topological polar surface area (TPSA) is 60.5 Å². The minimum Gasteiger partial charge on any atom is -0.472 e. The molecular weight excluding hydrogens is 304 g/mol. The van der Waals surface area contributed by atoms with Crippen LogP contribution in [0.5, 0.6) is 5.88 Å². The van der Waals surface area contributed by atoms with E-state index in [-0.39, 0.29) is 12.0 Å². The van der Waals surface area contributed by atoms with Crippen LogP contribution >= 0.6 is 11.6 Å². The predicted molar refractivity (Wildman–Crippen MR) is 83.5 cm³/mol. The van der Waals surface area contributed by atoms with Gasteiger partial charge in [0, 0.05) is 29.4 Å². The Labute approximate surface area is 133 Å². The molecule has 1 aliphatic heterocycles. The molecule has 1 fully saturated rings. The molecule has 1 aromatic heterocycles. The number of hydrogen-bond donors (Lipinski definition) is 1. The Morgan fingerprint density at radius 1 is 1.27 bits per heavy atom. The molecule has 2 aromatic rings. The number of halogens is 1. The van der Waals surface area contributed by atoms with Gasteiger partial charge in [-0.1, -0.05) is 11.6 Å². The van der Waals surface area contributed by atoms with E-state index in [4.69, 9.17) is 21.1 Å². The van der Waals surface area contributed by atoms with Crippen molar-refractivity contribution in [3.8, 4) is 5.88 Å². The van der Waals surface area contributed by atoms with Gasteiger partial charge in [-0.3, -0.25) is 4.79 Å². The van der Waals surface area contributed by atoms with Gasteiger partial charge in [-0.05, 0) is 30.3 Å². The molecule has 5 nitrogen and oxygen atoms in total. The number of carbonyl (C=O) groups excluding carboxylic acids is 1. The molecular formula is C16H15ClN2O3. The van der Waals surface area contributed by atoms with E-state index in [1.54, 1.807) is 36.4 Å². The molecule has 2 heterocycles. The Bertz CT molecular complexity index is 637. The fourth-order valence-corrected chi connectivity index (χ4v) is 2.22. The van der Waals surface area contributed by atoms with E-state index in [9.17, 15) is 4.79 Å². The molecule has 22 heavy (non-hydrogen) atoms. The Balaban J connectivity index is 1.61. The van der Waals surface area contributed by atoms with Crippen LogP contribution in [0.4, 0.5) is 5.69 Å². The quantitative estimate of drug-likeness (QED) is 0.940. The lowest BCUT2D eigenvalue weighted by Crippen LogP contribution is -2.17. The third-order valence-electron chi connectivity index (χ3n) is 3.28. The van der Waals surface area contributed by atoms with Gasteiger partial charge in [0.15, 0.2) is 0 Å². The van der Waals surface area contributed by atoms with Crippen LogP contribution < -0.4 is 10.1 Å². The first-order valence-corrected chi connectivity index (χ1v) is 7.36. The van der Waals surface area contributed by atoms with E-state index in [1.807, 2.05) is 0 Å². The first-order chi connectivity index (χ1) is 10.7. The first-order valence-electron chi connectivity index (χ1n) is 6.98. The largest absolute Gasteiger partial charge is 0.472 e. The molecule has 6 heteroatoms. The number of benzene rings is 1. The molecule has 0 radical (unpaired) electrons. The molecule has 0 unspecified atom stereocenters. The van der Waals surface area contributed by atoms with Crippen molar-refractivity contribution in [1.82, 2.24) is 4.98 Å². The Hall–Kier alpha value is -2.11. The lowest BCUT2D eigenvalue weighted by Gasteiger charge is -2.11. The first kappa shape index (κ1) is 14.8. The van der Waals surface area contributed by atoms with Crippen molar-refractivity contribution in [1.29, 1.82) is 0 Å². The third kappa shape index (κ3) is 3.75. The number of hydrogen-bond acceptors (Lipinski definition) is 4. The van der Waals surface area contributed by atoms with E-state index >= 15 is 0 Å². The molecule has 114 valence electrons. The maximum absolute atomic E-state index is 12.1. The van der Waals surface area contributed by atoms with Crippen molar-refractivity contribution in [2.45, 2.75) is 12.5 Å². The number of ether oxygens (including phenoxy) is 2. The van der Waals surface area contributed by atoms with Crippen LogP contribution in [-0.2, 0) is 4.74 Å². The van der Waals surface area contributed by atoms with Crippen molar-refractivity contribution in [2.75, 3.05) is 18.5 Å². The highest BCUT2D eigenvalue weighted by atomic mass is 35.5. The van der Waals surface area contributed by atoms with Crippen LogP contribution in [-0.4, -0.2) is 30.2 Å². The SMILES string of the molecule is O=C(Nc1ccc(Cl)cc1)c1ccc(O[C@H]2CCOC2)nc1. The molecule has 0 saturated carbocycles. The lowest BCUT2D eigenvalue weighted by molar-refractivity contribution is 0.102. The van der Waals surface area contributed by atoms with Crippen molar-refractivity contribution in [2.24, 2.45) is 0 Å². The zero-order valence-corrected chi connectivity index (χ0v) is 12.5. The molecule has 1 amide bonds. The molecule has 1 aromatic carbocycles. The maximum Gasteiger partial charge on any atom is 0.257 e. The van der Waals surface area contributed by atoms with Gasteiger partial charge in [0.1, 0.15) is 6.10 Å². The highest BCUT2D eigenvalue weighted by molar-refractivity contribution is 6.30. The molecule has 1 atom stereocenters. The monoisotopic (exact) mass is 318 g/mol. The third-order valence-corrected chi connectivity index (χ3v) is 3.53. The molecule has 1 aliphatic rings. The van der Waals surface area contributed by atoms with Gasteiger partial charge in [-0.25, -0.2) is 4.98 Å². The van der Waals surface area contributed by atoms with Crippen LogP contribution in [0, 0.1) is 0 Å². The summed E-state index contributed by atoms with van der Waals surface area (Å²) < 4.78 is 10.9. The number of pyridine rings is 1. The lowest BCUT2D eigenvalue weighted by atomic mass is 10.2. The highest BCUT2D eigenvalue weighted by Crippen LogP contribution is 2.17. The highest BCUT2D eigenvalue weighted by Gasteiger charge is 2.17. The average molecular weight is 319 g/mol. The van der Waals surface area contributed by atoms with Crippen molar-refractivity contribution < 1.29 is 14.3 Å². The summed E-state index contributed by atoms with van der Waals surface area (Å²) in [5, 5.41) is 3.40. The molecule has 1 N–H and O–H groups in total. The van der Waals surface area contributed by atoms with Gasteiger partial charge in [-0.2, -0.15) is 0 Å². The summed E-state index contributed by atoms with van der Waals surface area (Å²) in [5.74, 6) is 0.268. The summed E-state index contributed by atoms with van der Waals surface area (Å²) >= 11 is 5.81. The number of aromatic nitrogens is 1. The van der Waals surface area contributed by atoms with Gasteiger partial charge < -0.3 is 14.8 Å². The van der Waals surface area contributed by atoms with Crippen LogP contribution in [0.3, 0.4) is 0 Å². The van der Waals surface area contributed by atoms with E-state index in [1.165, 1.54) is 6.20 Å². The molecule has 3 rings (SSSR count). The van der Waals surface area contributed by atoms with Gasteiger partial charge in [0.2, 0.25) is 5.88 Å². The smallest absolute Gasteiger partial charge is 0.257 e. The number of nitrogens with one attached hydrogen (secondary N) is 1. The number of carbonyl (C=O) groups is 1. The normalized spacial score (nSPS) is 17.2. The molecule has 1 saturated heterocycles. The van der Waals surface area contributed by atoms with Crippen LogP contribution in [0.25, 0.3) is 0 Å². The van der Waals surface area contributed by atoms with E-state index in [2.05, 4.69) is 10.3 Å². The zero-order valence-electron chi connectivity index (χ0n) is 11.8. The van der Waals surface area contributed by atoms with Gasteiger partial charge in [-0.15, -0.1) is 0 Å². The Kier molecular flexibility index (Phi) is 4.56. The summed E-state index contributed by atoms with van der Waals surface area (Å²) in [6.07, 6.45) is 2.40. The molecule has 0 spiro atoms. The van der Waals surface area contributed by atoms with Crippen LogP contribution in [0.1, 0.15) is 16.8 Å². The van der Waals surface area contributed by atoms with Crippen molar-refractivity contribution in [3.63, 3.8) is 0 Å². The second-order valence-corrected chi connectivity index (χ2v) is 5.39. The Morgan fingerprint density at radius 2 is 2.09 bits per heavy atom. The van der Waals surface area contributed by atoms with E-state index < -0.39 is 0 Å². The fourth-order valence-electron chi connectivity index (χ4n) is 2.10. The summed E-state index contributed by atoms with van der Waals surface area (Å²) in [5.41, 5.74) is 1.14. The Morgan fingerprint density at radius 3 is 2.73 bits per heavy atom. The van der Waals surface area contributed by atoms with Crippen LogP contribution in [0.15, 0.2) is 42.6 Å². The summed E-state index contributed by atoms with van der Waals surface area (Å²) in [6.45, 7) is 1.30. The summed E-state index contributed by atoms with van der Waals surface area (Å²) in [6, 6.07) is 10.3. The fraction of sp³-hybridized carbons (Fsp3) is 0.250. The van der Waals surface area contributed by atoms with Gasteiger partial charge in [0.05, 0.1) is 18.8 Å². The van der Waals surface area contributed by atoms with Gasteiger partial charge >= 0.3 is 0 Å². The van der Waals surface area contributed by atoms with E-state index in [0.717, 1.165) is 6.42 Å². The maximum atomic E-state index is 12.1. The zero-order chi connectivity index (χ0) is 15.4. The number of anilines is 1. The minimum atomic E-state index is -0.231. The van der Waals surface area contributed by atoms with Gasteiger partial charge in [0.25, 0.3) is 5.91 Å². The van der Waals surface area contributed by atoms with Crippen LogP contribution in [0.2, 0.25) is 5.02 Å². The van der Waals surface area contributed by atoms with Crippen molar-refractivity contribution >= 4 is 23.2 Å². The number of amides is 1. The second kappa shape index (κ2) is 6.77. The molecule has 0 bridgehead atoms. The minimum absolute atomic E-state index is 0.0428. The van der Waals surface area contributed by atoms with E-state index in [0.29, 0.717) is 35.4 Å². The standard InChI is InChI=1S/C16H15ClN2O3/c17-12-2-4-13(5-3-12)19-16(20)11-1-6-15(18-9-11)22-14-7-8-21-10-14/h1-6,9,14H,7-8,10H2,(H,19,20)/t14-/m0/s1. The second-order valence-electron chi connectivity index (χ2n) is 4.95. The number of rotatable bonds is 4. The van der Waals surface area contributed by atoms with Crippen molar-refractivity contribution in [3.05, 3.63) is 53.2 Å².